The van der Waals surface area contributed by atoms with Gasteiger partial charge in [0.1, 0.15) is 0 Å². The zero-order chi connectivity index (χ0) is 18.8. The standard InChI is InChI=1S/C20H27N5O2/c1-15(2)18-20-21-19(16-6-4-3-5-7-16)22-25(20)9-8-24(18)17(26)14-23-10-12-27-13-11-23/h3-7,15,18H,8-14H2,1-2H3/t18-/m0/s1. The summed E-state index contributed by atoms with van der Waals surface area (Å²) in [7, 11) is 0. The molecule has 1 fully saturated rings. The fraction of sp³-hybridized carbons (Fsp3) is 0.550. The lowest BCUT2D eigenvalue weighted by atomic mass is 9.99. The summed E-state index contributed by atoms with van der Waals surface area (Å²) in [5.41, 5.74) is 1.01. The minimum Gasteiger partial charge on any atom is -0.379 e. The third-order valence-electron chi connectivity index (χ3n) is 5.30. The van der Waals surface area contributed by atoms with Gasteiger partial charge in [-0.3, -0.25) is 9.69 Å². The highest BCUT2D eigenvalue weighted by Gasteiger charge is 2.36. The molecule has 2 aromatic rings. The third-order valence-corrected chi connectivity index (χ3v) is 5.30. The van der Waals surface area contributed by atoms with Gasteiger partial charge in [0.05, 0.1) is 32.3 Å². The van der Waals surface area contributed by atoms with E-state index < -0.39 is 0 Å². The van der Waals surface area contributed by atoms with Crippen molar-refractivity contribution in [2.45, 2.75) is 26.4 Å². The van der Waals surface area contributed by atoms with Crippen molar-refractivity contribution in [2.24, 2.45) is 5.92 Å². The van der Waals surface area contributed by atoms with Crippen LogP contribution >= 0.6 is 0 Å². The van der Waals surface area contributed by atoms with E-state index in [0.29, 0.717) is 32.8 Å². The number of carbonyl (C=O) groups excluding carboxylic acids is 1. The number of benzene rings is 1. The maximum Gasteiger partial charge on any atom is 0.237 e. The Bertz CT molecular complexity index is 783. The Labute approximate surface area is 159 Å². The second kappa shape index (κ2) is 7.78. The normalized spacial score (nSPS) is 20.7. The SMILES string of the molecule is CC(C)[C@H]1c2nc(-c3ccccc3)nn2CCN1C(=O)CN1CCOCC1. The fourth-order valence-electron chi connectivity index (χ4n) is 3.91. The van der Waals surface area contributed by atoms with Crippen molar-refractivity contribution in [3.05, 3.63) is 36.2 Å². The van der Waals surface area contributed by atoms with Gasteiger partial charge in [0.2, 0.25) is 5.91 Å². The number of morpholine rings is 1. The van der Waals surface area contributed by atoms with Gasteiger partial charge in [-0.2, -0.15) is 5.10 Å². The van der Waals surface area contributed by atoms with Crippen molar-refractivity contribution < 1.29 is 9.53 Å². The van der Waals surface area contributed by atoms with Crippen LogP contribution in [0.5, 0.6) is 0 Å². The van der Waals surface area contributed by atoms with Crippen LogP contribution in [0.2, 0.25) is 0 Å². The van der Waals surface area contributed by atoms with Crippen molar-refractivity contribution in [3.8, 4) is 11.4 Å². The lowest BCUT2D eigenvalue weighted by molar-refractivity contribution is -0.138. The molecule has 4 rings (SSSR count). The van der Waals surface area contributed by atoms with Gasteiger partial charge in [0, 0.05) is 25.2 Å². The molecule has 0 N–H and O–H groups in total. The van der Waals surface area contributed by atoms with Crippen molar-refractivity contribution in [1.29, 1.82) is 0 Å². The quantitative estimate of drug-likeness (QED) is 0.823. The van der Waals surface area contributed by atoms with Gasteiger partial charge in [-0.05, 0) is 5.92 Å². The maximum absolute atomic E-state index is 13.1. The molecule has 0 saturated carbocycles. The summed E-state index contributed by atoms with van der Waals surface area (Å²) in [6.07, 6.45) is 0. The van der Waals surface area contributed by atoms with Crippen LogP contribution in [-0.4, -0.2) is 69.9 Å². The predicted molar refractivity (Wildman–Crippen MR) is 102 cm³/mol. The van der Waals surface area contributed by atoms with E-state index in [-0.39, 0.29) is 17.9 Å². The first-order valence-corrected chi connectivity index (χ1v) is 9.73. The zero-order valence-corrected chi connectivity index (χ0v) is 16.0. The smallest absolute Gasteiger partial charge is 0.237 e. The predicted octanol–water partition coefficient (Wildman–Crippen LogP) is 1.82. The number of hydrogen-bond donors (Lipinski definition) is 0. The molecule has 0 unspecified atom stereocenters. The summed E-state index contributed by atoms with van der Waals surface area (Å²) in [6, 6.07) is 9.97. The van der Waals surface area contributed by atoms with Crippen LogP contribution in [0.15, 0.2) is 30.3 Å². The Morgan fingerprint density at radius 2 is 1.89 bits per heavy atom. The van der Waals surface area contributed by atoms with Gasteiger partial charge in [0.25, 0.3) is 0 Å². The summed E-state index contributed by atoms with van der Waals surface area (Å²) in [5, 5.41) is 4.70. The van der Waals surface area contributed by atoms with E-state index in [2.05, 4.69) is 18.7 Å². The Morgan fingerprint density at radius 3 is 2.59 bits per heavy atom. The Hall–Kier alpha value is -2.25. The van der Waals surface area contributed by atoms with Crippen molar-refractivity contribution >= 4 is 5.91 Å². The fourth-order valence-corrected chi connectivity index (χ4v) is 3.91. The molecule has 3 heterocycles. The van der Waals surface area contributed by atoms with Crippen LogP contribution in [0.4, 0.5) is 0 Å². The molecule has 7 heteroatoms. The van der Waals surface area contributed by atoms with Crippen LogP contribution in [0, 0.1) is 5.92 Å². The van der Waals surface area contributed by atoms with Crippen LogP contribution in [0.1, 0.15) is 25.7 Å². The first-order valence-electron chi connectivity index (χ1n) is 9.73. The van der Waals surface area contributed by atoms with E-state index in [1.54, 1.807) is 0 Å². The molecule has 1 amide bonds. The largest absolute Gasteiger partial charge is 0.379 e. The summed E-state index contributed by atoms with van der Waals surface area (Å²) in [4.78, 5) is 22.1. The second-order valence-electron chi connectivity index (χ2n) is 7.55. The third kappa shape index (κ3) is 3.75. The van der Waals surface area contributed by atoms with Gasteiger partial charge in [-0.15, -0.1) is 0 Å². The summed E-state index contributed by atoms with van der Waals surface area (Å²) in [5.74, 6) is 2.07. The first-order chi connectivity index (χ1) is 13.1. The highest BCUT2D eigenvalue weighted by atomic mass is 16.5. The van der Waals surface area contributed by atoms with Crippen LogP contribution in [0.3, 0.4) is 0 Å². The molecule has 27 heavy (non-hydrogen) atoms. The number of nitrogens with zero attached hydrogens (tertiary/aromatic N) is 5. The number of amides is 1. The maximum atomic E-state index is 13.1. The molecule has 2 aliphatic heterocycles. The summed E-state index contributed by atoms with van der Waals surface area (Å²) in [6.45, 7) is 9.15. The van der Waals surface area contributed by atoms with Crippen LogP contribution < -0.4 is 0 Å². The average molecular weight is 369 g/mol. The number of carbonyl (C=O) groups is 1. The van der Waals surface area contributed by atoms with Gasteiger partial charge in [0.15, 0.2) is 11.6 Å². The lowest BCUT2D eigenvalue weighted by Crippen LogP contribution is -2.50. The molecule has 7 nitrogen and oxygen atoms in total. The second-order valence-corrected chi connectivity index (χ2v) is 7.55. The van der Waals surface area contributed by atoms with E-state index in [0.717, 1.165) is 30.3 Å². The minimum atomic E-state index is -0.0442. The molecule has 144 valence electrons. The van der Waals surface area contributed by atoms with Crippen molar-refractivity contribution in [3.63, 3.8) is 0 Å². The van der Waals surface area contributed by atoms with Crippen LogP contribution in [0.25, 0.3) is 11.4 Å². The molecule has 2 aliphatic rings. The van der Waals surface area contributed by atoms with E-state index in [9.17, 15) is 4.79 Å². The topological polar surface area (TPSA) is 63.5 Å². The molecule has 0 aliphatic carbocycles. The zero-order valence-electron chi connectivity index (χ0n) is 16.0. The first kappa shape index (κ1) is 18.1. The lowest BCUT2D eigenvalue weighted by Gasteiger charge is -2.39. The molecule has 1 aromatic heterocycles. The molecular formula is C20H27N5O2. The molecule has 1 aromatic carbocycles. The highest BCUT2D eigenvalue weighted by Crippen LogP contribution is 2.32. The van der Waals surface area contributed by atoms with Gasteiger partial charge >= 0.3 is 0 Å². The summed E-state index contributed by atoms with van der Waals surface area (Å²) >= 11 is 0. The van der Waals surface area contributed by atoms with Gasteiger partial charge in [-0.1, -0.05) is 44.2 Å². The summed E-state index contributed by atoms with van der Waals surface area (Å²) < 4.78 is 7.37. The van der Waals surface area contributed by atoms with E-state index in [4.69, 9.17) is 14.8 Å². The van der Waals surface area contributed by atoms with Crippen LogP contribution in [-0.2, 0) is 16.1 Å². The monoisotopic (exact) mass is 369 g/mol. The minimum absolute atomic E-state index is 0.0442. The van der Waals surface area contributed by atoms with E-state index >= 15 is 0 Å². The highest BCUT2D eigenvalue weighted by molar-refractivity contribution is 5.79. The van der Waals surface area contributed by atoms with Crippen molar-refractivity contribution in [2.75, 3.05) is 39.4 Å². The number of rotatable bonds is 4. The number of aromatic nitrogens is 3. The van der Waals surface area contributed by atoms with E-state index in [1.807, 2.05) is 39.9 Å². The number of fused-ring (bicyclic) bond motifs is 1. The Balaban J connectivity index is 1.57. The number of ether oxygens (including phenoxy) is 1. The van der Waals surface area contributed by atoms with Crippen molar-refractivity contribution in [1.82, 2.24) is 24.6 Å². The van der Waals surface area contributed by atoms with E-state index in [1.165, 1.54) is 0 Å². The molecule has 0 radical (unpaired) electrons. The van der Waals surface area contributed by atoms with Gasteiger partial charge < -0.3 is 9.64 Å². The Kier molecular flexibility index (Phi) is 5.22. The molecule has 0 bridgehead atoms. The molecule has 1 atom stereocenters. The average Bonchev–Trinajstić information content (AvgIpc) is 3.12. The Morgan fingerprint density at radius 1 is 1.15 bits per heavy atom. The number of hydrogen-bond acceptors (Lipinski definition) is 5. The molecule has 0 spiro atoms. The van der Waals surface area contributed by atoms with Gasteiger partial charge in [-0.25, -0.2) is 9.67 Å². The molecule has 1 saturated heterocycles. The molecular weight excluding hydrogens is 342 g/mol.